The van der Waals surface area contributed by atoms with E-state index in [0.717, 1.165) is 0 Å². The van der Waals surface area contributed by atoms with Gasteiger partial charge in [-0.2, -0.15) is 13.2 Å². The zero-order valence-corrected chi connectivity index (χ0v) is 22.0. The van der Waals surface area contributed by atoms with Crippen LogP contribution in [0.25, 0.3) is 0 Å². The molecule has 212 valence electrons. The van der Waals surface area contributed by atoms with Gasteiger partial charge in [0, 0.05) is 44.9 Å². The molecule has 0 fully saturated rings. The minimum Gasteiger partial charge on any atom is -0.491 e. The molecule has 2 aromatic carbocycles. The first-order chi connectivity index (χ1) is 18.3. The number of rotatable bonds is 4. The number of carbonyl (C=O) groups is 3. The van der Waals surface area contributed by atoms with Gasteiger partial charge in [0.25, 0.3) is 11.8 Å². The Morgan fingerprint density at radius 1 is 1.13 bits per heavy atom. The second-order valence-electron chi connectivity index (χ2n) is 9.59. The molecular weight excluding hydrogens is 522 g/mol. The van der Waals surface area contributed by atoms with E-state index in [-0.39, 0.29) is 48.2 Å². The number of nitrogens with one attached hydrogen (secondary N) is 1. The van der Waals surface area contributed by atoms with Gasteiger partial charge in [-0.05, 0) is 31.2 Å². The summed E-state index contributed by atoms with van der Waals surface area (Å²) in [6, 6.07) is 8.92. The minimum atomic E-state index is -4.69. The van der Waals surface area contributed by atoms with Gasteiger partial charge in [-0.25, -0.2) is 4.39 Å². The van der Waals surface area contributed by atoms with Crippen LogP contribution in [0.2, 0.25) is 0 Å². The number of ether oxygens (including phenoxy) is 2. The molecule has 1 aliphatic rings. The van der Waals surface area contributed by atoms with E-state index >= 15 is 0 Å². The number of hydrogen-bond acceptors (Lipinski definition) is 5. The lowest BCUT2D eigenvalue weighted by Crippen LogP contribution is -2.48. The molecule has 8 nitrogen and oxygen atoms in total. The van der Waals surface area contributed by atoms with Crippen LogP contribution in [0.4, 0.5) is 23.2 Å². The summed E-state index contributed by atoms with van der Waals surface area (Å²) in [5, 5.41) is 2.16. The van der Waals surface area contributed by atoms with Crippen LogP contribution in [0.15, 0.2) is 42.5 Å². The van der Waals surface area contributed by atoms with Gasteiger partial charge in [-0.3, -0.25) is 14.4 Å². The largest absolute Gasteiger partial charge is 0.491 e. The zero-order chi connectivity index (χ0) is 28.9. The molecule has 1 aliphatic heterocycles. The summed E-state index contributed by atoms with van der Waals surface area (Å²) < 4.78 is 63.9. The Balaban J connectivity index is 1.98. The number of anilines is 1. The lowest BCUT2D eigenvalue weighted by molar-refractivity contribution is -0.150. The van der Waals surface area contributed by atoms with E-state index in [0.29, 0.717) is 0 Å². The van der Waals surface area contributed by atoms with Crippen molar-refractivity contribution >= 4 is 23.4 Å². The topological polar surface area (TPSA) is 88.2 Å². The van der Waals surface area contributed by atoms with Crippen LogP contribution in [0.5, 0.6) is 5.75 Å². The van der Waals surface area contributed by atoms with Crippen molar-refractivity contribution in [2.75, 3.05) is 39.2 Å². The molecule has 0 saturated heterocycles. The summed E-state index contributed by atoms with van der Waals surface area (Å²) in [6.07, 6.45) is -6.84. The molecule has 0 aromatic heterocycles. The summed E-state index contributed by atoms with van der Waals surface area (Å²) >= 11 is 0. The molecule has 12 heteroatoms. The normalized spacial score (nSPS) is 20.8. The molecule has 3 rings (SSSR count). The maximum atomic E-state index is 14.5. The van der Waals surface area contributed by atoms with E-state index in [2.05, 4.69) is 5.32 Å². The molecule has 2 aromatic rings. The van der Waals surface area contributed by atoms with Gasteiger partial charge in [0.2, 0.25) is 5.91 Å². The molecule has 0 saturated carbocycles. The fraction of sp³-hybridized carbons (Fsp3) is 0.444. The second kappa shape index (κ2) is 12.5. The van der Waals surface area contributed by atoms with Crippen molar-refractivity contribution in [3.8, 4) is 5.75 Å². The Kier molecular flexibility index (Phi) is 9.54. The first kappa shape index (κ1) is 29.9. The Morgan fingerprint density at radius 2 is 1.82 bits per heavy atom. The third kappa shape index (κ3) is 7.69. The molecule has 3 amide bonds. The first-order valence-electron chi connectivity index (χ1n) is 12.3. The summed E-state index contributed by atoms with van der Waals surface area (Å²) in [5.41, 5.74) is -0.00516. The van der Waals surface area contributed by atoms with Gasteiger partial charge in [0.15, 0.2) is 0 Å². The Hall–Kier alpha value is -3.67. The fourth-order valence-corrected chi connectivity index (χ4v) is 4.31. The number of benzene rings is 2. The van der Waals surface area contributed by atoms with E-state index in [4.69, 9.17) is 9.47 Å². The quantitative estimate of drug-likeness (QED) is 0.569. The van der Waals surface area contributed by atoms with E-state index < -0.39 is 48.3 Å². The average molecular weight is 554 g/mol. The lowest BCUT2D eigenvalue weighted by atomic mass is 10.0. The van der Waals surface area contributed by atoms with E-state index in [1.54, 1.807) is 20.0 Å². The summed E-state index contributed by atoms with van der Waals surface area (Å²) in [7, 11) is 3.05. The van der Waals surface area contributed by atoms with Crippen LogP contribution in [0.1, 0.15) is 41.0 Å². The predicted molar refractivity (Wildman–Crippen MR) is 135 cm³/mol. The number of amides is 3. The van der Waals surface area contributed by atoms with E-state index in [1.165, 1.54) is 53.3 Å². The van der Waals surface area contributed by atoms with Crippen molar-refractivity contribution in [1.82, 2.24) is 9.80 Å². The third-order valence-corrected chi connectivity index (χ3v) is 6.46. The van der Waals surface area contributed by atoms with Crippen molar-refractivity contribution in [2.45, 2.75) is 38.6 Å². The smallest absolute Gasteiger partial charge is 0.397 e. The highest BCUT2D eigenvalue weighted by Gasteiger charge is 2.33. The lowest BCUT2D eigenvalue weighted by Gasteiger charge is -2.36. The number of alkyl halides is 3. The van der Waals surface area contributed by atoms with Crippen LogP contribution < -0.4 is 10.1 Å². The molecular formula is C27H31F4N3O5. The first-order valence-corrected chi connectivity index (χ1v) is 12.3. The zero-order valence-electron chi connectivity index (χ0n) is 22.0. The van der Waals surface area contributed by atoms with Gasteiger partial charge in [-0.15, -0.1) is 0 Å². The van der Waals surface area contributed by atoms with Gasteiger partial charge < -0.3 is 24.6 Å². The van der Waals surface area contributed by atoms with Crippen molar-refractivity contribution in [1.29, 1.82) is 0 Å². The van der Waals surface area contributed by atoms with E-state index in [1.807, 2.05) is 6.92 Å². The SMILES string of the molecule is CO[C@@H]1CN(C)C(=O)c2ccc(NC(=O)CC(F)(F)F)cc2OC[C@H](C)N(C(=O)c2ccccc2F)C[C@H]1C. The van der Waals surface area contributed by atoms with Crippen molar-refractivity contribution < 1.29 is 41.4 Å². The number of carbonyl (C=O) groups excluding carboxylic acids is 3. The van der Waals surface area contributed by atoms with E-state index in [9.17, 15) is 31.9 Å². The molecule has 1 heterocycles. The van der Waals surface area contributed by atoms with Crippen LogP contribution in [0, 0.1) is 11.7 Å². The average Bonchev–Trinajstić information content (AvgIpc) is 2.86. The van der Waals surface area contributed by atoms with Gasteiger partial charge in [0.1, 0.15) is 24.6 Å². The molecule has 0 aliphatic carbocycles. The highest BCUT2D eigenvalue weighted by molar-refractivity contribution is 5.98. The van der Waals surface area contributed by atoms with Gasteiger partial charge in [-0.1, -0.05) is 19.1 Å². The Bertz CT molecular complexity index is 1210. The monoisotopic (exact) mass is 553 g/mol. The van der Waals surface area contributed by atoms with Crippen LogP contribution in [0.3, 0.4) is 0 Å². The van der Waals surface area contributed by atoms with Crippen molar-refractivity contribution in [3.05, 3.63) is 59.4 Å². The summed E-state index contributed by atoms with van der Waals surface area (Å²) in [4.78, 5) is 41.4. The van der Waals surface area contributed by atoms with Gasteiger partial charge in [0.05, 0.1) is 23.3 Å². The summed E-state index contributed by atoms with van der Waals surface area (Å²) in [5.74, 6) is -3.18. The number of fused-ring (bicyclic) bond motifs is 1. The Morgan fingerprint density at radius 3 is 2.46 bits per heavy atom. The summed E-state index contributed by atoms with van der Waals surface area (Å²) in [6.45, 7) is 3.74. The van der Waals surface area contributed by atoms with Crippen LogP contribution in [-0.2, 0) is 9.53 Å². The maximum absolute atomic E-state index is 14.5. The third-order valence-electron chi connectivity index (χ3n) is 6.46. The number of hydrogen-bond donors (Lipinski definition) is 1. The highest BCUT2D eigenvalue weighted by Crippen LogP contribution is 2.28. The molecule has 3 atom stereocenters. The van der Waals surface area contributed by atoms with Crippen molar-refractivity contribution in [3.63, 3.8) is 0 Å². The number of likely N-dealkylation sites (N-methyl/N-ethyl adjacent to an activating group) is 1. The fourth-order valence-electron chi connectivity index (χ4n) is 4.31. The second-order valence-corrected chi connectivity index (χ2v) is 9.59. The molecule has 0 unspecified atom stereocenters. The number of methoxy groups -OCH3 is 1. The molecule has 0 radical (unpaired) electrons. The maximum Gasteiger partial charge on any atom is 0.397 e. The minimum absolute atomic E-state index is 0.000815. The number of halogens is 4. The van der Waals surface area contributed by atoms with Crippen LogP contribution >= 0.6 is 0 Å². The molecule has 39 heavy (non-hydrogen) atoms. The number of nitrogens with zero attached hydrogens (tertiary/aromatic N) is 2. The van der Waals surface area contributed by atoms with Crippen molar-refractivity contribution in [2.24, 2.45) is 5.92 Å². The standard InChI is InChI=1S/C27H31F4N3O5/c1-16-13-34(26(37)19-7-5-6-8-21(19)28)17(2)15-39-22-11-18(32-24(35)12-27(29,30)31)9-10-20(22)25(36)33(3)14-23(16)38-4/h5-11,16-17,23H,12-15H2,1-4H3,(H,32,35)/t16-,17+,23-/m1/s1. The van der Waals surface area contributed by atoms with Crippen LogP contribution in [-0.4, -0.2) is 79.7 Å². The highest BCUT2D eigenvalue weighted by atomic mass is 19.4. The Labute approximate surface area is 223 Å². The molecule has 0 spiro atoms. The predicted octanol–water partition coefficient (Wildman–Crippen LogP) is 4.36. The molecule has 0 bridgehead atoms. The molecule has 1 N–H and O–H groups in total. The van der Waals surface area contributed by atoms with Gasteiger partial charge >= 0.3 is 6.18 Å².